The highest BCUT2D eigenvalue weighted by Gasteiger charge is 2.20. The van der Waals surface area contributed by atoms with E-state index in [0.717, 1.165) is 0 Å². The minimum atomic E-state index is -0.904. The van der Waals surface area contributed by atoms with Crippen LogP contribution in [0.15, 0.2) is 22.8 Å². The van der Waals surface area contributed by atoms with E-state index in [4.69, 9.17) is 4.42 Å². The number of nitrogens with one attached hydrogen (secondary N) is 1. The number of nitrogens with zero attached hydrogens (tertiary/aromatic N) is 1. The van der Waals surface area contributed by atoms with Crippen LogP contribution < -0.4 is 5.32 Å². The quantitative estimate of drug-likeness (QED) is 0.711. The average Bonchev–Trinajstić information content (AvgIpc) is 2.93. The van der Waals surface area contributed by atoms with E-state index in [-0.39, 0.29) is 17.6 Å². The molecule has 0 aliphatic carbocycles. The maximum Gasteiger partial charge on any atom is 0.286 e. The van der Waals surface area contributed by atoms with Gasteiger partial charge in [-0.15, -0.1) is 0 Å². The summed E-state index contributed by atoms with van der Waals surface area (Å²) in [5.41, 5.74) is -0.904. The fourth-order valence-corrected chi connectivity index (χ4v) is 1.94. The third-order valence-corrected chi connectivity index (χ3v) is 2.91. The lowest BCUT2D eigenvalue weighted by Gasteiger charge is -2.28. The highest BCUT2D eigenvalue weighted by molar-refractivity contribution is 5.91. The van der Waals surface area contributed by atoms with E-state index in [9.17, 15) is 14.7 Å². The molecule has 0 spiro atoms. The summed E-state index contributed by atoms with van der Waals surface area (Å²) in [7, 11) is 0. The van der Waals surface area contributed by atoms with E-state index in [1.807, 2.05) is 6.92 Å². The normalized spacial score (nSPS) is 11.2. The molecule has 1 rings (SSSR count). The minimum absolute atomic E-state index is 0.0214. The second-order valence-corrected chi connectivity index (χ2v) is 5.56. The van der Waals surface area contributed by atoms with Gasteiger partial charge in [0, 0.05) is 26.1 Å². The van der Waals surface area contributed by atoms with E-state index in [2.05, 4.69) is 5.32 Å². The van der Waals surface area contributed by atoms with Crippen molar-refractivity contribution in [2.45, 2.75) is 39.2 Å². The van der Waals surface area contributed by atoms with Gasteiger partial charge in [-0.2, -0.15) is 0 Å². The monoisotopic (exact) mass is 296 g/mol. The first-order valence-electron chi connectivity index (χ1n) is 7.15. The molecule has 0 aromatic carbocycles. The Labute approximate surface area is 125 Å². The van der Waals surface area contributed by atoms with Gasteiger partial charge < -0.3 is 19.7 Å². The predicted molar refractivity (Wildman–Crippen MR) is 78.8 cm³/mol. The molecule has 118 valence electrons. The molecule has 6 heteroatoms. The first-order chi connectivity index (χ1) is 9.83. The molecular weight excluding hydrogens is 272 g/mol. The van der Waals surface area contributed by atoms with Crippen LogP contribution in [-0.2, 0) is 4.79 Å². The first kappa shape index (κ1) is 17.2. The molecule has 0 saturated carbocycles. The Morgan fingerprint density at radius 1 is 1.43 bits per heavy atom. The number of furan rings is 1. The van der Waals surface area contributed by atoms with Crippen LogP contribution in [0.5, 0.6) is 0 Å². The summed E-state index contributed by atoms with van der Waals surface area (Å²) in [5, 5.41) is 12.4. The molecule has 1 aromatic rings. The van der Waals surface area contributed by atoms with Gasteiger partial charge in [-0.1, -0.05) is 0 Å². The molecule has 0 radical (unpaired) electrons. The summed E-state index contributed by atoms with van der Waals surface area (Å²) in [5.74, 6) is -0.0401. The fraction of sp³-hybridized carbons (Fsp3) is 0.600. The van der Waals surface area contributed by atoms with Gasteiger partial charge in [-0.25, -0.2) is 0 Å². The molecule has 1 aromatic heterocycles. The van der Waals surface area contributed by atoms with E-state index >= 15 is 0 Å². The summed E-state index contributed by atoms with van der Waals surface area (Å²) in [6.45, 7) is 6.50. The van der Waals surface area contributed by atoms with Crippen molar-refractivity contribution in [3.05, 3.63) is 24.2 Å². The third kappa shape index (κ3) is 6.44. The van der Waals surface area contributed by atoms with Crippen molar-refractivity contribution in [3.63, 3.8) is 0 Å². The van der Waals surface area contributed by atoms with Crippen molar-refractivity contribution in [2.24, 2.45) is 0 Å². The predicted octanol–water partition coefficient (Wildman–Crippen LogP) is 1.41. The van der Waals surface area contributed by atoms with Crippen LogP contribution in [0.1, 0.15) is 44.2 Å². The SMILES string of the molecule is CCN(CC(C)(C)O)C(=O)CCCNC(=O)c1ccco1. The Hall–Kier alpha value is -1.82. The van der Waals surface area contributed by atoms with E-state index in [0.29, 0.717) is 32.5 Å². The molecule has 0 unspecified atom stereocenters. The van der Waals surface area contributed by atoms with Gasteiger partial charge in [0.25, 0.3) is 5.91 Å². The lowest BCUT2D eigenvalue weighted by Crippen LogP contribution is -2.42. The Morgan fingerprint density at radius 2 is 2.14 bits per heavy atom. The van der Waals surface area contributed by atoms with Crippen molar-refractivity contribution in [3.8, 4) is 0 Å². The molecule has 0 atom stereocenters. The second-order valence-electron chi connectivity index (χ2n) is 5.56. The zero-order valence-electron chi connectivity index (χ0n) is 12.9. The number of amides is 2. The zero-order valence-corrected chi connectivity index (χ0v) is 12.9. The molecule has 0 fully saturated rings. The third-order valence-electron chi connectivity index (χ3n) is 2.91. The van der Waals surface area contributed by atoms with Gasteiger partial charge in [-0.3, -0.25) is 9.59 Å². The van der Waals surface area contributed by atoms with Gasteiger partial charge in [0.15, 0.2) is 5.76 Å². The van der Waals surface area contributed by atoms with Crippen molar-refractivity contribution in [1.82, 2.24) is 10.2 Å². The van der Waals surface area contributed by atoms with Crippen molar-refractivity contribution in [1.29, 1.82) is 0 Å². The number of hydrogen-bond acceptors (Lipinski definition) is 4. The van der Waals surface area contributed by atoms with Crippen molar-refractivity contribution in [2.75, 3.05) is 19.6 Å². The largest absolute Gasteiger partial charge is 0.459 e. The summed E-state index contributed by atoms with van der Waals surface area (Å²) in [6.07, 6.45) is 2.32. The second kappa shape index (κ2) is 7.83. The smallest absolute Gasteiger partial charge is 0.286 e. The topological polar surface area (TPSA) is 82.8 Å². The summed E-state index contributed by atoms with van der Waals surface area (Å²) in [4.78, 5) is 25.2. The van der Waals surface area contributed by atoms with Crippen LogP contribution in [0, 0.1) is 0 Å². The van der Waals surface area contributed by atoms with Crippen LogP contribution in [0.4, 0.5) is 0 Å². The number of aliphatic hydroxyl groups is 1. The molecule has 0 aliphatic rings. The highest BCUT2D eigenvalue weighted by Crippen LogP contribution is 2.07. The van der Waals surface area contributed by atoms with Gasteiger partial charge in [0.05, 0.1) is 11.9 Å². The number of carbonyl (C=O) groups is 2. The average molecular weight is 296 g/mol. The highest BCUT2D eigenvalue weighted by atomic mass is 16.3. The molecule has 1 heterocycles. The number of rotatable bonds is 8. The number of hydrogen-bond donors (Lipinski definition) is 2. The van der Waals surface area contributed by atoms with Crippen LogP contribution in [0.3, 0.4) is 0 Å². The minimum Gasteiger partial charge on any atom is -0.459 e. The molecule has 0 saturated heterocycles. The first-order valence-corrected chi connectivity index (χ1v) is 7.15. The number of likely N-dealkylation sites (N-methyl/N-ethyl adjacent to an activating group) is 1. The summed E-state index contributed by atoms with van der Waals surface area (Å²) < 4.78 is 4.97. The van der Waals surface area contributed by atoms with Gasteiger partial charge in [0.1, 0.15) is 0 Å². The standard InChI is InChI=1S/C15H24N2O4/c1-4-17(11-15(2,3)20)13(18)8-5-9-16-14(19)12-7-6-10-21-12/h6-7,10,20H,4-5,8-9,11H2,1-3H3,(H,16,19). The Kier molecular flexibility index (Phi) is 6.42. The fourth-order valence-electron chi connectivity index (χ4n) is 1.94. The Morgan fingerprint density at radius 3 is 2.67 bits per heavy atom. The molecule has 2 amide bonds. The van der Waals surface area contributed by atoms with Crippen LogP contribution in [-0.4, -0.2) is 47.1 Å². The lowest BCUT2D eigenvalue weighted by molar-refractivity contribution is -0.134. The van der Waals surface area contributed by atoms with Gasteiger partial charge in [0.2, 0.25) is 5.91 Å². The van der Waals surface area contributed by atoms with E-state index < -0.39 is 5.60 Å². The maximum absolute atomic E-state index is 12.0. The molecular formula is C15H24N2O4. The van der Waals surface area contributed by atoms with Crippen LogP contribution in [0.25, 0.3) is 0 Å². The summed E-state index contributed by atoms with van der Waals surface area (Å²) in [6, 6.07) is 3.23. The molecule has 21 heavy (non-hydrogen) atoms. The lowest BCUT2D eigenvalue weighted by atomic mass is 10.1. The van der Waals surface area contributed by atoms with E-state index in [1.54, 1.807) is 30.9 Å². The Balaban J connectivity index is 2.28. The van der Waals surface area contributed by atoms with Crippen molar-refractivity contribution < 1.29 is 19.1 Å². The molecule has 0 aliphatic heterocycles. The van der Waals surface area contributed by atoms with E-state index in [1.165, 1.54) is 6.26 Å². The van der Waals surface area contributed by atoms with Gasteiger partial charge >= 0.3 is 0 Å². The zero-order chi connectivity index (χ0) is 15.9. The summed E-state index contributed by atoms with van der Waals surface area (Å²) >= 11 is 0. The Bertz CT molecular complexity index is 449. The van der Waals surface area contributed by atoms with Gasteiger partial charge in [-0.05, 0) is 39.3 Å². The molecule has 2 N–H and O–H groups in total. The van der Waals surface area contributed by atoms with Crippen LogP contribution in [0.2, 0.25) is 0 Å². The van der Waals surface area contributed by atoms with Crippen molar-refractivity contribution >= 4 is 11.8 Å². The number of carbonyl (C=O) groups excluding carboxylic acids is 2. The molecule has 0 bridgehead atoms. The maximum atomic E-state index is 12.0. The van der Waals surface area contributed by atoms with Crippen LogP contribution >= 0.6 is 0 Å². The molecule has 6 nitrogen and oxygen atoms in total.